The number of carbonyl (C=O) groups excluding carboxylic acids is 3. The Morgan fingerprint density at radius 1 is 1.10 bits per heavy atom. The highest BCUT2D eigenvalue weighted by molar-refractivity contribution is 6.13. The van der Waals surface area contributed by atoms with E-state index in [1.165, 1.54) is 18.1 Å². The number of imide groups is 1. The van der Waals surface area contributed by atoms with E-state index in [9.17, 15) is 14.4 Å². The van der Waals surface area contributed by atoms with E-state index in [0.717, 1.165) is 34.7 Å². The van der Waals surface area contributed by atoms with E-state index in [1.807, 2.05) is 35.9 Å². The number of fused-ring (bicyclic) bond motifs is 1. The number of carbonyl (C=O) groups is 3. The van der Waals surface area contributed by atoms with Crippen LogP contribution >= 0.6 is 0 Å². The Bertz CT molecular complexity index is 1710. The molecular formula is C28H28N10O3. The lowest BCUT2D eigenvalue weighted by atomic mass is 10.1. The van der Waals surface area contributed by atoms with Crippen molar-refractivity contribution in [1.82, 2.24) is 34.2 Å². The number of hydrogen-bond donors (Lipinski definition) is 2. The predicted octanol–water partition coefficient (Wildman–Crippen LogP) is 2.85. The number of nitrogens with zero attached hydrogens (tertiary/aromatic N) is 8. The lowest BCUT2D eigenvalue weighted by Crippen LogP contribution is -2.30. The summed E-state index contributed by atoms with van der Waals surface area (Å²) in [6.07, 6.45) is 11.7. The lowest BCUT2D eigenvalue weighted by Gasteiger charge is -2.17. The van der Waals surface area contributed by atoms with Crippen molar-refractivity contribution >= 4 is 40.8 Å². The van der Waals surface area contributed by atoms with Crippen LogP contribution in [0.5, 0.6) is 0 Å². The van der Waals surface area contributed by atoms with Crippen molar-refractivity contribution < 1.29 is 14.4 Å². The Kier molecular flexibility index (Phi) is 5.87. The maximum Gasteiger partial charge on any atom is 0.331 e. The zero-order valence-corrected chi connectivity index (χ0v) is 22.6. The Balaban J connectivity index is 1.05. The minimum absolute atomic E-state index is 0.00667. The number of anilines is 3. The van der Waals surface area contributed by atoms with E-state index in [4.69, 9.17) is 4.98 Å². The smallest absolute Gasteiger partial charge is 0.331 e. The molecule has 4 aromatic heterocycles. The van der Waals surface area contributed by atoms with Gasteiger partial charge < -0.3 is 15.0 Å². The van der Waals surface area contributed by atoms with E-state index in [0.29, 0.717) is 47.7 Å². The van der Waals surface area contributed by atoms with Gasteiger partial charge >= 0.3 is 6.03 Å². The number of likely N-dealkylation sites (N-methyl/N-ethyl adjacent to an activating group) is 1. The van der Waals surface area contributed by atoms with Crippen molar-refractivity contribution in [2.24, 2.45) is 5.92 Å². The van der Waals surface area contributed by atoms with Crippen LogP contribution in [0.2, 0.25) is 0 Å². The van der Waals surface area contributed by atoms with E-state index in [2.05, 4.69) is 30.6 Å². The third-order valence-corrected chi connectivity index (χ3v) is 7.74. The number of urea groups is 1. The van der Waals surface area contributed by atoms with Crippen LogP contribution in [0.4, 0.5) is 22.1 Å². The van der Waals surface area contributed by atoms with Crippen LogP contribution in [0.3, 0.4) is 0 Å². The highest BCUT2D eigenvalue weighted by Gasteiger charge is 2.46. The van der Waals surface area contributed by atoms with Gasteiger partial charge in [-0.15, -0.1) is 0 Å². The molecule has 0 radical (unpaired) electrons. The van der Waals surface area contributed by atoms with Gasteiger partial charge in [-0.3, -0.25) is 24.4 Å². The third kappa shape index (κ3) is 4.83. The highest BCUT2D eigenvalue weighted by atomic mass is 16.2. The van der Waals surface area contributed by atoms with Crippen molar-refractivity contribution in [3.8, 4) is 0 Å². The molecule has 2 atom stereocenters. The van der Waals surface area contributed by atoms with Crippen molar-refractivity contribution in [2.45, 2.75) is 44.6 Å². The van der Waals surface area contributed by atoms with E-state index in [-0.39, 0.29) is 36.2 Å². The van der Waals surface area contributed by atoms with E-state index in [1.54, 1.807) is 12.4 Å². The molecule has 7 rings (SSSR count). The molecule has 41 heavy (non-hydrogen) atoms. The second-order valence-electron chi connectivity index (χ2n) is 10.9. The fourth-order valence-corrected chi connectivity index (χ4v) is 5.19. The zero-order chi connectivity index (χ0) is 28.2. The number of aryl methyl sites for hydroxylation is 1. The second-order valence-corrected chi connectivity index (χ2v) is 10.9. The Hall–Kier alpha value is -4.94. The van der Waals surface area contributed by atoms with Crippen LogP contribution in [0.25, 0.3) is 5.65 Å². The number of amides is 4. The number of nitrogens with one attached hydrogen (secondary N) is 2. The first-order valence-electron chi connectivity index (χ1n) is 13.6. The molecule has 3 fully saturated rings. The van der Waals surface area contributed by atoms with Gasteiger partial charge in [0.15, 0.2) is 11.5 Å². The molecule has 2 unspecified atom stereocenters. The fourth-order valence-electron chi connectivity index (χ4n) is 5.19. The molecule has 13 heteroatoms. The average Bonchev–Trinajstić information content (AvgIpc) is 3.89. The summed E-state index contributed by atoms with van der Waals surface area (Å²) in [6.45, 7) is 2.24. The molecule has 0 spiro atoms. The Labute approximate surface area is 235 Å². The summed E-state index contributed by atoms with van der Waals surface area (Å²) in [6, 6.07) is 3.46. The summed E-state index contributed by atoms with van der Waals surface area (Å²) in [5.41, 5.74) is 3.96. The van der Waals surface area contributed by atoms with E-state index < -0.39 is 0 Å². The van der Waals surface area contributed by atoms with Gasteiger partial charge in [0.1, 0.15) is 18.2 Å². The molecule has 4 aromatic rings. The maximum absolute atomic E-state index is 12.8. The van der Waals surface area contributed by atoms with Crippen molar-refractivity contribution in [3.63, 3.8) is 0 Å². The van der Waals surface area contributed by atoms with Gasteiger partial charge in [-0.1, -0.05) is 0 Å². The van der Waals surface area contributed by atoms with Crippen molar-refractivity contribution in [3.05, 3.63) is 65.9 Å². The van der Waals surface area contributed by atoms with Gasteiger partial charge in [0.25, 0.3) is 0 Å². The van der Waals surface area contributed by atoms with Crippen molar-refractivity contribution in [2.75, 3.05) is 29.1 Å². The quantitative estimate of drug-likeness (QED) is 0.315. The minimum Gasteiger partial charge on any atom is -0.363 e. The molecule has 2 saturated carbocycles. The summed E-state index contributed by atoms with van der Waals surface area (Å²) >= 11 is 0. The molecule has 5 heterocycles. The standard InChI is InChI=1S/C28H28N10O3/c1-15-5-6-30-25(32-15)19-8-20(19)27(40)35-23-11-29-10-22(34-23)31-9-18-13-37-12-17(16-3-4-16)7-21(26(37)33-18)38-14-24(39)36(2)28(38)41/h5-7,10-13,16,19-20H,3-4,8-9,14H2,1-2H3,(H2,31,34,35,40). The number of rotatable bonds is 8. The van der Waals surface area contributed by atoms with Crippen molar-refractivity contribution in [1.29, 1.82) is 0 Å². The monoisotopic (exact) mass is 552 g/mol. The van der Waals surface area contributed by atoms with Gasteiger partial charge in [0.05, 0.1) is 30.3 Å². The van der Waals surface area contributed by atoms with Gasteiger partial charge in [-0.2, -0.15) is 0 Å². The number of pyridine rings is 1. The van der Waals surface area contributed by atoms with E-state index >= 15 is 0 Å². The molecule has 0 bridgehead atoms. The van der Waals surface area contributed by atoms with Gasteiger partial charge in [-0.25, -0.2) is 24.7 Å². The first-order chi connectivity index (χ1) is 19.8. The van der Waals surface area contributed by atoms with Crippen LogP contribution in [0, 0.1) is 12.8 Å². The SMILES string of the molecule is Cc1ccnc(C2CC2C(=O)Nc2cncc(NCc3cn4cc(C5CC5)cc(N5CC(=O)N(C)C5=O)c4n3)n2)n1. The molecule has 13 nitrogen and oxygen atoms in total. The normalized spacial score (nSPS) is 20.1. The first-order valence-corrected chi connectivity index (χ1v) is 13.6. The van der Waals surface area contributed by atoms with Gasteiger partial charge in [0, 0.05) is 43.2 Å². The van der Waals surface area contributed by atoms with Crippen LogP contribution in [0.1, 0.15) is 53.9 Å². The second kappa shape index (κ2) is 9.61. The predicted molar refractivity (Wildman–Crippen MR) is 148 cm³/mol. The molecule has 4 amide bonds. The number of hydrogen-bond acceptors (Lipinski definition) is 9. The molecule has 0 aromatic carbocycles. The van der Waals surface area contributed by atoms with Gasteiger partial charge in [-0.05, 0) is 49.8 Å². The van der Waals surface area contributed by atoms with Crippen LogP contribution in [0.15, 0.2) is 43.1 Å². The average molecular weight is 553 g/mol. The molecule has 1 aliphatic heterocycles. The minimum atomic E-state index is -0.356. The maximum atomic E-state index is 12.8. The summed E-state index contributed by atoms with van der Waals surface area (Å²) in [4.78, 5) is 62.6. The summed E-state index contributed by atoms with van der Waals surface area (Å²) in [5, 5.41) is 6.07. The Morgan fingerprint density at radius 2 is 1.93 bits per heavy atom. The summed E-state index contributed by atoms with van der Waals surface area (Å²) < 4.78 is 1.92. The van der Waals surface area contributed by atoms with Crippen LogP contribution in [-0.2, 0) is 16.1 Å². The number of aromatic nitrogens is 6. The fraction of sp³-hybridized carbons (Fsp3) is 0.357. The molecular weight excluding hydrogens is 524 g/mol. The van der Waals surface area contributed by atoms with Crippen LogP contribution in [-0.4, -0.2) is 65.7 Å². The molecule has 1 saturated heterocycles. The molecule has 3 aliphatic rings. The number of imidazole rings is 1. The van der Waals surface area contributed by atoms with Crippen LogP contribution < -0.4 is 15.5 Å². The third-order valence-electron chi connectivity index (χ3n) is 7.74. The zero-order valence-electron chi connectivity index (χ0n) is 22.6. The molecule has 208 valence electrons. The van der Waals surface area contributed by atoms with Gasteiger partial charge in [0.2, 0.25) is 11.8 Å². The Morgan fingerprint density at radius 3 is 2.68 bits per heavy atom. The summed E-state index contributed by atoms with van der Waals surface area (Å²) in [7, 11) is 1.49. The highest BCUT2D eigenvalue weighted by Crippen LogP contribution is 2.46. The first kappa shape index (κ1) is 25.1. The molecule has 2 N–H and O–H groups in total. The molecule has 2 aliphatic carbocycles. The topological polar surface area (TPSA) is 151 Å². The largest absolute Gasteiger partial charge is 0.363 e. The summed E-state index contributed by atoms with van der Waals surface area (Å²) in [5.74, 6) is 1.42. The lowest BCUT2D eigenvalue weighted by molar-refractivity contribution is -0.124.